The molecule has 2 aromatic carbocycles. The van der Waals surface area contributed by atoms with Crippen molar-refractivity contribution in [3.63, 3.8) is 0 Å². The smallest absolute Gasteiger partial charge is 0.251 e. The molecule has 0 bridgehead atoms. The second kappa shape index (κ2) is 9.09. The molecule has 0 unspecified atom stereocenters. The molecule has 29 heavy (non-hydrogen) atoms. The number of sulfonamides is 1. The van der Waals surface area contributed by atoms with Crippen LogP contribution in [0, 0.1) is 18.8 Å². The fraction of sp³-hybridized carbons (Fsp3) is 0.435. The summed E-state index contributed by atoms with van der Waals surface area (Å²) in [4.78, 5) is 12.8. The molecule has 0 heterocycles. The van der Waals surface area contributed by atoms with E-state index in [0.717, 1.165) is 24.0 Å². The van der Waals surface area contributed by atoms with Crippen molar-refractivity contribution in [1.29, 1.82) is 0 Å². The third-order valence-electron chi connectivity index (χ3n) is 6.04. The van der Waals surface area contributed by atoms with Crippen molar-refractivity contribution >= 4 is 15.9 Å². The number of nitrogens with one attached hydrogen (secondary N) is 2. The Morgan fingerprint density at radius 3 is 2.31 bits per heavy atom. The fourth-order valence-electron chi connectivity index (χ4n) is 3.79. The van der Waals surface area contributed by atoms with E-state index in [1.165, 1.54) is 6.42 Å². The summed E-state index contributed by atoms with van der Waals surface area (Å²) in [6, 6.07) is 14.0. The molecule has 0 radical (unpaired) electrons. The highest BCUT2D eigenvalue weighted by atomic mass is 32.2. The number of amides is 1. The lowest BCUT2D eigenvalue weighted by molar-refractivity contribution is 0.0891. The summed E-state index contributed by atoms with van der Waals surface area (Å²) >= 11 is 0. The van der Waals surface area contributed by atoms with Gasteiger partial charge in [-0.2, -0.15) is 0 Å². The van der Waals surface area contributed by atoms with E-state index in [-0.39, 0.29) is 23.4 Å². The summed E-state index contributed by atoms with van der Waals surface area (Å²) in [6.07, 6.45) is 3.40. The van der Waals surface area contributed by atoms with Gasteiger partial charge in [-0.15, -0.1) is 0 Å². The van der Waals surface area contributed by atoms with Gasteiger partial charge in [0, 0.05) is 18.2 Å². The molecule has 1 amide bonds. The minimum Gasteiger partial charge on any atom is -0.349 e. The van der Waals surface area contributed by atoms with E-state index >= 15 is 0 Å². The maximum absolute atomic E-state index is 12.6. The Hall–Kier alpha value is -2.18. The molecule has 2 N–H and O–H groups in total. The molecule has 3 rings (SSSR count). The van der Waals surface area contributed by atoms with Crippen LogP contribution in [-0.4, -0.2) is 20.4 Å². The van der Waals surface area contributed by atoms with Gasteiger partial charge in [-0.3, -0.25) is 4.79 Å². The largest absolute Gasteiger partial charge is 0.349 e. The Bertz CT molecular complexity index is 937. The first-order valence-electron chi connectivity index (χ1n) is 10.2. The zero-order chi connectivity index (χ0) is 21.0. The summed E-state index contributed by atoms with van der Waals surface area (Å²) in [5.41, 5.74) is 2.41. The molecule has 156 valence electrons. The van der Waals surface area contributed by atoms with Crippen LogP contribution >= 0.6 is 0 Å². The first kappa shape index (κ1) is 21.5. The van der Waals surface area contributed by atoms with E-state index < -0.39 is 10.0 Å². The number of hydrogen-bond acceptors (Lipinski definition) is 3. The van der Waals surface area contributed by atoms with E-state index in [1.54, 1.807) is 48.5 Å². The van der Waals surface area contributed by atoms with Gasteiger partial charge in [-0.05, 0) is 55.0 Å². The number of benzene rings is 2. The summed E-state index contributed by atoms with van der Waals surface area (Å²) in [5, 5.41) is 3.17. The molecular weight excluding hydrogens is 384 g/mol. The van der Waals surface area contributed by atoms with Crippen LogP contribution in [0.15, 0.2) is 53.4 Å². The van der Waals surface area contributed by atoms with Crippen LogP contribution in [-0.2, 0) is 16.6 Å². The van der Waals surface area contributed by atoms with Crippen molar-refractivity contribution in [3.8, 4) is 0 Å². The van der Waals surface area contributed by atoms with Gasteiger partial charge in [-0.25, -0.2) is 13.1 Å². The molecule has 1 fully saturated rings. The van der Waals surface area contributed by atoms with Crippen molar-refractivity contribution in [1.82, 2.24) is 10.0 Å². The van der Waals surface area contributed by atoms with Crippen molar-refractivity contribution in [3.05, 3.63) is 65.2 Å². The molecule has 1 aliphatic carbocycles. The number of carbonyl (C=O) groups is 1. The van der Waals surface area contributed by atoms with Crippen LogP contribution in [0.4, 0.5) is 0 Å². The van der Waals surface area contributed by atoms with Gasteiger partial charge in [0.2, 0.25) is 10.0 Å². The predicted octanol–water partition coefficient (Wildman–Crippen LogP) is 4.03. The van der Waals surface area contributed by atoms with Gasteiger partial charge in [0.15, 0.2) is 0 Å². The number of rotatable bonds is 6. The second-order valence-corrected chi connectivity index (χ2v) is 9.95. The van der Waals surface area contributed by atoms with Crippen LogP contribution in [0.1, 0.15) is 54.6 Å². The van der Waals surface area contributed by atoms with E-state index in [2.05, 4.69) is 23.9 Å². The van der Waals surface area contributed by atoms with E-state index in [0.29, 0.717) is 17.4 Å². The first-order valence-corrected chi connectivity index (χ1v) is 11.7. The van der Waals surface area contributed by atoms with Crippen molar-refractivity contribution in [2.45, 2.75) is 57.5 Å². The molecule has 0 saturated heterocycles. The summed E-state index contributed by atoms with van der Waals surface area (Å²) in [6.45, 7) is 6.54. The summed E-state index contributed by atoms with van der Waals surface area (Å²) in [5.74, 6) is 1.03. The monoisotopic (exact) mass is 414 g/mol. The third kappa shape index (κ3) is 5.46. The average molecular weight is 415 g/mol. The van der Waals surface area contributed by atoms with E-state index in [4.69, 9.17) is 0 Å². The average Bonchev–Trinajstić information content (AvgIpc) is 2.70. The van der Waals surface area contributed by atoms with E-state index in [1.807, 2.05) is 6.92 Å². The van der Waals surface area contributed by atoms with Crippen LogP contribution < -0.4 is 10.0 Å². The van der Waals surface area contributed by atoms with Crippen LogP contribution in [0.5, 0.6) is 0 Å². The predicted molar refractivity (Wildman–Crippen MR) is 115 cm³/mol. The topological polar surface area (TPSA) is 75.3 Å². The van der Waals surface area contributed by atoms with Gasteiger partial charge in [-0.1, -0.05) is 56.5 Å². The lowest BCUT2D eigenvalue weighted by Gasteiger charge is -2.34. The zero-order valence-electron chi connectivity index (χ0n) is 17.3. The highest BCUT2D eigenvalue weighted by Gasteiger charge is 2.28. The van der Waals surface area contributed by atoms with Crippen molar-refractivity contribution in [2.24, 2.45) is 11.8 Å². The van der Waals surface area contributed by atoms with Crippen LogP contribution in [0.25, 0.3) is 0 Å². The molecule has 0 aliphatic heterocycles. The van der Waals surface area contributed by atoms with Gasteiger partial charge < -0.3 is 5.32 Å². The highest BCUT2D eigenvalue weighted by molar-refractivity contribution is 7.89. The van der Waals surface area contributed by atoms with E-state index in [9.17, 15) is 13.2 Å². The Kier molecular flexibility index (Phi) is 6.75. The Morgan fingerprint density at radius 2 is 1.66 bits per heavy atom. The molecule has 1 saturated carbocycles. The Morgan fingerprint density at radius 1 is 1.00 bits per heavy atom. The quantitative estimate of drug-likeness (QED) is 0.749. The van der Waals surface area contributed by atoms with Crippen molar-refractivity contribution < 1.29 is 13.2 Å². The van der Waals surface area contributed by atoms with Crippen molar-refractivity contribution in [2.75, 3.05) is 0 Å². The SMILES string of the molecule is Cc1ccc(S(=O)(=O)NCc2ccc(C(=O)N[C@@H]3CCC[C@@H](C)[C@@H]3C)cc2)cc1. The number of aryl methyl sites for hydroxylation is 1. The first-order chi connectivity index (χ1) is 13.8. The molecule has 2 aromatic rings. The third-order valence-corrected chi connectivity index (χ3v) is 7.45. The number of hydrogen-bond donors (Lipinski definition) is 2. The Labute approximate surface area is 174 Å². The second-order valence-electron chi connectivity index (χ2n) is 8.18. The molecule has 3 atom stereocenters. The van der Waals surface area contributed by atoms with Gasteiger partial charge >= 0.3 is 0 Å². The fourth-order valence-corrected chi connectivity index (χ4v) is 4.81. The van der Waals surface area contributed by atoms with Crippen LogP contribution in [0.2, 0.25) is 0 Å². The molecule has 6 heteroatoms. The Balaban J connectivity index is 1.58. The minimum atomic E-state index is -3.56. The summed E-state index contributed by atoms with van der Waals surface area (Å²) in [7, 11) is -3.56. The van der Waals surface area contributed by atoms with Crippen LogP contribution in [0.3, 0.4) is 0 Å². The molecule has 1 aliphatic rings. The lowest BCUT2D eigenvalue weighted by Crippen LogP contribution is -2.43. The molecule has 5 nitrogen and oxygen atoms in total. The zero-order valence-corrected chi connectivity index (χ0v) is 18.1. The number of carbonyl (C=O) groups excluding carboxylic acids is 1. The minimum absolute atomic E-state index is 0.0669. The molecule has 0 spiro atoms. The maximum Gasteiger partial charge on any atom is 0.251 e. The molecular formula is C23H30N2O3S. The summed E-state index contributed by atoms with van der Waals surface area (Å²) < 4.78 is 27.4. The lowest BCUT2D eigenvalue weighted by atomic mass is 9.78. The normalized spacial score (nSPS) is 22.2. The molecule has 0 aromatic heterocycles. The maximum atomic E-state index is 12.6. The van der Waals surface area contributed by atoms with Gasteiger partial charge in [0.25, 0.3) is 5.91 Å². The van der Waals surface area contributed by atoms with Gasteiger partial charge in [0.1, 0.15) is 0 Å². The standard InChI is InChI=1S/C23H30N2O3S/c1-16-7-13-21(14-8-16)29(27,28)24-15-19-9-11-20(12-10-19)23(26)25-22-6-4-5-17(2)18(22)3/h7-14,17-18,22,24H,4-6,15H2,1-3H3,(H,25,26)/t17-,18+,22-/m1/s1. The van der Waals surface area contributed by atoms with Gasteiger partial charge in [0.05, 0.1) is 4.90 Å². The highest BCUT2D eigenvalue weighted by Crippen LogP contribution is 2.29.